The first-order valence-electron chi connectivity index (χ1n) is 12.1. The van der Waals surface area contributed by atoms with Gasteiger partial charge < -0.3 is 18.8 Å². The Morgan fingerprint density at radius 1 is 1.11 bits per heavy atom. The number of fused-ring (bicyclic) bond motifs is 2. The number of rotatable bonds is 8. The van der Waals surface area contributed by atoms with Crippen LogP contribution in [-0.4, -0.2) is 61.7 Å². The lowest BCUT2D eigenvalue weighted by molar-refractivity contribution is 0.0353. The monoisotopic (exact) mass is 474 g/mol. The topological polar surface area (TPSA) is 72.2 Å². The van der Waals surface area contributed by atoms with Gasteiger partial charge in [0, 0.05) is 26.2 Å². The quantitative estimate of drug-likeness (QED) is 0.461. The van der Waals surface area contributed by atoms with Crippen LogP contribution in [0.2, 0.25) is 0 Å². The number of aryl methyl sites for hydroxylation is 1. The molecule has 182 valence electrons. The number of benzene rings is 2. The number of hydrogen-bond donors (Lipinski definition) is 0. The summed E-state index contributed by atoms with van der Waals surface area (Å²) in [6.45, 7) is 10.6. The molecule has 7 nitrogen and oxygen atoms in total. The molecule has 35 heavy (non-hydrogen) atoms. The van der Waals surface area contributed by atoms with Crippen molar-refractivity contribution in [1.82, 2.24) is 9.80 Å². The van der Waals surface area contributed by atoms with Gasteiger partial charge in [-0.1, -0.05) is 36.4 Å². The smallest absolute Gasteiger partial charge is 0.290 e. The molecule has 1 fully saturated rings. The number of ether oxygens (including phenoxy) is 2. The van der Waals surface area contributed by atoms with Crippen molar-refractivity contribution in [2.24, 2.45) is 0 Å². The molecule has 1 saturated heterocycles. The van der Waals surface area contributed by atoms with Gasteiger partial charge in [-0.25, -0.2) is 0 Å². The molecule has 1 aromatic heterocycles. The van der Waals surface area contributed by atoms with Crippen molar-refractivity contribution in [2.75, 3.05) is 46.0 Å². The first kappa shape index (κ1) is 23.3. The maximum atomic E-state index is 13.7. The van der Waals surface area contributed by atoms with Crippen LogP contribution < -0.4 is 10.2 Å². The lowest BCUT2D eigenvalue weighted by atomic mass is 9.98. The molecule has 5 rings (SSSR count). The Bertz CT molecular complexity index is 1310. The van der Waals surface area contributed by atoms with Gasteiger partial charge in [0.2, 0.25) is 5.76 Å². The van der Waals surface area contributed by atoms with Crippen LogP contribution in [0.25, 0.3) is 11.0 Å². The van der Waals surface area contributed by atoms with Crippen molar-refractivity contribution in [3.8, 4) is 5.75 Å². The predicted molar refractivity (Wildman–Crippen MR) is 134 cm³/mol. The first-order chi connectivity index (χ1) is 17.1. The Kier molecular flexibility index (Phi) is 6.70. The lowest BCUT2D eigenvalue weighted by Gasteiger charge is -2.29. The van der Waals surface area contributed by atoms with Gasteiger partial charge in [0.1, 0.15) is 17.9 Å². The number of morpholine rings is 1. The Hall–Kier alpha value is -3.42. The average Bonchev–Trinajstić information content (AvgIpc) is 3.16. The van der Waals surface area contributed by atoms with Crippen LogP contribution in [0.15, 0.2) is 64.3 Å². The van der Waals surface area contributed by atoms with E-state index in [1.54, 1.807) is 17.0 Å². The summed E-state index contributed by atoms with van der Waals surface area (Å²) in [5, 5.41) is 0.496. The Labute approximate surface area is 204 Å². The second-order valence-corrected chi connectivity index (χ2v) is 9.05. The van der Waals surface area contributed by atoms with E-state index in [0.29, 0.717) is 35.4 Å². The molecule has 0 spiro atoms. The molecular weight excluding hydrogens is 444 g/mol. The minimum Gasteiger partial charge on any atom is -0.490 e. The van der Waals surface area contributed by atoms with Crippen LogP contribution in [0.5, 0.6) is 5.75 Å². The predicted octanol–water partition coefficient (Wildman–Crippen LogP) is 3.93. The van der Waals surface area contributed by atoms with Crippen LogP contribution >= 0.6 is 0 Å². The number of carbonyl (C=O) groups is 1. The molecular formula is C28H30N2O5. The molecule has 0 unspecified atom stereocenters. The van der Waals surface area contributed by atoms with E-state index in [-0.39, 0.29) is 17.1 Å². The molecule has 3 heterocycles. The van der Waals surface area contributed by atoms with Gasteiger partial charge in [0.05, 0.1) is 30.2 Å². The number of nitrogens with zero attached hydrogens (tertiary/aromatic N) is 2. The summed E-state index contributed by atoms with van der Waals surface area (Å²) in [4.78, 5) is 31.4. The Morgan fingerprint density at radius 2 is 1.94 bits per heavy atom. The number of carbonyl (C=O) groups excluding carboxylic acids is 1. The average molecular weight is 475 g/mol. The summed E-state index contributed by atoms with van der Waals surface area (Å²) < 4.78 is 17.2. The fraction of sp³-hybridized carbons (Fsp3) is 0.357. The third kappa shape index (κ3) is 4.61. The summed E-state index contributed by atoms with van der Waals surface area (Å²) in [5.74, 6) is 0.557. The van der Waals surface area contributed by atoms with Crippen molar-refractivity contribution in [2.45, 2.75) is 19.4 Å². The minimum atomic E-state index is -0.532. The van der Waals surface area contributed by atoms with Crippen molar-refractivity contribution < 1.29 is 18.7 Å². The van der Waals surface area contributed by atoms with E-state index in [9.17, 15) is 9.59 Å². The van der Waals surface area contributed by atoms with E-state index >= 15 is 0 Å². The normalized spacial score (nSPS) is 18.1. The van der Waals surface area contributed by atoms with E-state index in [4.69, 9.17) is 13.9 Å². The molecule has 2 aliphatic rings. The summed E-state index contributed by atoms with van der Waals surface area (Å²) in [5.41, 5.74) is 2.47. The first-order valence-corrected chi connectivity index (χ1v) is 12.1. The van der Waals surface area contributed by atoms with Gasteiger partial charge in [-0.15, -0.1) is 0 Å². The van der Waals surface area contributed by atoms with Gasteiger partial charge in [-0.3, -0.25) is 14.5 Å². The highest BCUT2D eigenvalue weighted by molar-refractivity contribution is 5.99. The minimum absolute atomic E-state index is 0.139. The second-order valence-electron chi connectivity index (χ2n) is 9.05. The van der Waals surface area contributed by atoms with Gasteiger partial charge in [0.25, 0.3) is 5.91 Å². The zero-order valence-electron chi connectivity index (χ0n) is 20.0. The molecule has 7 heteroatoms. The maximum absolute atomic E-state index is 13.7. The Balaban J connectivity index is 1.54. The molecule has 3 aromatic rings. The van der Waals surface area contributed by atoms with Crippen LogP contribution in [0.4, 0.5) is 0 Å². The second kappa shape index (κ2) is 10.1. The van der Waals surface area contributed by atoms with Crippen molar-refractivity contribution in [3.05, 3.63) is 87.8 Å². The standard InChI is InChI=1S/C28H30N2O5/c1-3-14-34-21-7-4-6-20(18-21)25-24-26(31)22-17-19(2)8-9-23(22)35-27(24)28(32)30(25)11-5-10-29-12-15-33-16-13-29/h3-4,6-9,17-18,25H,1,5,10-16H2,2H3/t25-/m0/s1. The fourth-order valence-corrected chi connectivity index (χ4v) is 4.93. The number of amides is 1. The lowest BCUT2D eigenvalue weighted by Crippen LogP contribution is -2.38. The summed E-state index contributed by atoms with van der Waals surface area (Å²) in [7, 11) is 0. The SMILES string of the molecule is C=CCOc1cccc([C@H]2c3c(oc4ccc(C)cc4c3=O)C(=O)N2CCCN2CCOCC2)c1. The molecule has 1 atom stereocenters. The largest absolute Gasteiger partial charge is 0.490 e. The van der Waals surface area contributed by atoms with Gasteiger partial charge >= 0.3 is 0 Å². The molecule has 0 N–H and O–H groups in total. The van der Waals surface area contributed by atoms with Crippen LogP contribution in [0.3, 0.4) is 0 Å². The molecule has 1 amide bonds. The molecule has 0 saturated carbocycles. The van der Waals surface area contributed by atoms with Gasteiger partial charge in [-0.2, -0.15) is 0 Å². The molecule has 2 aromatic carbocycles. The zero-order chi connectivity index (χ0) is 24.4. The van der Waals surface area contributed by atoms with Crippen molar-refractivity contribution >= 4 is 16.9 Å². The van der Waals surface area contributed by atoms with E-state index in [0.717, 1.165) is 50.4 Å². The molecule has 0 aliphatic carbocycles. The molecule has 0 radical (unpaired) electrons. The third-order valence-corrected chi connectivity index (χ3v) is 6.64. The maximum Gasteiger partial charge on any atom is 0.290 e. The van der Waals surface area contributed by atoms with E-state index in [1.807, 2.05) is 43.3 Å². The zero-order valence-corrected chi connectivity index (χ0v) is 20.0. The van der Waals surface area contributed by atoms with Crippen molar-refractivity contribution in [3.63, 3.8) is 0 Å². The highest BCUT2D eigenvalue weighted by atomic mass is 16.5. The highest BCUT2D eigenvalue weighted by Gasteiger charge is 2.42. The van der Waals surface area contributed by atoms with Crippen LogP contribution in [-0.2, 0) is 4.74 Å². The third-order valence-electron chi connectivity index (χ3n) is 6.64. The Morgan fingerprint density at radius 3 is 2.74 bits per heavy atom. The fourth-order valence-electron chi connectivity index (χ4n) is 4.93. The van der Waals surface area contributed by atoms with Gasteiger partial charge in [-0.05, 0) is 43.2 Å². The van der Waals surface area contributed by atoms with Crippen LogP contribution in [0, 0.1) is 6.92 Å². The van der Waals surface area contributed by atoms with Gasteiger partial charge in [0.15, 0.2) is 5.43 Å². The molecule has 0 bridgehead atoms. The van der Waals surface area contributed by atoms with Crippen LogP contribution in [0.1, 0.15) is 39.7 Å². The van der Waals surface area contributed by atoms with E-state index in [2.05, 4.69) is 11.5 Å². The van der Waals surface area contributed by atoms with E-state index < -0.39 is 6.04 Å². The number of hydrogen-bond acceptors (Lipinski definition) is 6. The summed E-state index contributed by atoms with van der Waals surface area (Å²) in [6.07, 6.45) is 2.47. The summed E-state index contributed by atoms with van der Waals surface area (Å²) in [6, 6.07) is 12.5. The summed E-state index contributed by atoms with van der Waals surface area (Å²) >= 11 is 0. The highest BCUT2D eigenvalue weighted by Crippen LogP contribution is 2.39. The van der Waals surface area contributed by atoms with Crippen molar-refractivity contribution in [1.29, 1.82) is 0 Å². The molecule has 2 aliphatic heterocycles. The van der Waals surface area contributed by atoms with E-state index in [1.165, 1.54) is 0 Å².